The summed E-state index contributed by atoms with van der Waals surface area (Å²) < 4.78 is 4.86. The maximum atomic E-state index is 11.9. The standard InChI is InChI=1S/C19H23N5O3/c1-12-5-3-7-14(9-12)22-17-15(16(20)25)10-21-19(23-17)24-8-4-6-13(11-24)18(26)27-2/h3,5,7,9-10,13H,4,6,8,11H2,1-2H3,(H2,20,25)(H,21,22,23). The highest BCUT2D eigenvalue weighted by Crippen LogP contribution is 2.25. The Balaban J connectivity index is 1.89. The molecule has 1 aliphatic heterocycles. The number of carbonyl (C=O) groups is 2. The van der Waals surface area contributed by atoms with E-state index in [4.69, 9.17) is 10.5 Å². The number of hydrogen-bond donors (Lipinski definition) is 2. The molecule has 1 fully saturated rings. The number of carbonyl (C=O) groups excluding carboxylic acids is 2. The molecule has 3 N–H and O–H groups in total. The molecule has 0 spiro atoms. The van der Waals surface area contributed by atoms with Crippen molar-refractivity contribution in [3.05, 3.63) is 41.6 Å². The summed E-state index contributed by atoms with van der Waals surface area (Å²) in [5.74, 6) is -0.257. The van der Waals surface area contributed by atoms with Gasteiger partial charge >= 0.3 is 5.97 Å². The van der Waals surface area contributed by atoms with E-state index in [1.807, 2.05) is 36.1 Å². The highest BCUT2D eigenvalue weighted by atomic mass is 16.5. The van der Waals surface area contributed by atoms with E-state index in [-0.39, 0.29) is 17.5 Å². The van der Waals surface area contributed by atoms with Crippen LogP contribution >= 0.6 is 0 Å². The third-order valence-electron chi connectivity index (χ3n) is 4.56. The Morgan fingerprint density at radius 2 is 2.19 bits per heavy atom. The Kier molecular flexibility index (Phi) is 5.54. The van der Waals surface area contributed by atoms with E-state index in [9.17, 15) is 9.59 Å². The smallest absolute Gasteiger partial charge is 0.310 e. The summed E-state index contributed by atoms with van der Waals surface area (Å²) in [6.45, 7) is 3.19. The Bertz CT molecular complexity index is 855. The van der Waals surface area contributed by atoms with Crippen molar-refractivity contribution in [1.82, 2.24) is 9.97 Å². The molecule has 2 heterocycles. The topological polar surface area (TPSA) is 110 Å². The molecule has 1 aromatic heterocycles. The fourth-order valence-corrected chi connectivity index (χ4v) is 3.18. The zero-order valence-electron chi connectivity index (χ0n) is 15.4. The van der Waals surface area contributed by atoms with E-state index in [0.717, 1.165) is 30.6 Å². The lowest BCUT2D eigenvalue weighted by Gasteiger charge is -2.31. The predicted octanol–water partition coefficient (Wildman–Crippen LogP) is 2.02. The van der Waals surface area contributed by atoms with Crippen LogP contribution in [0.2, 0.25) is 0 Å². The average Bonchev–Trinajstić information content (AvgIpc) is 2.67. The molecule has 0 aliphatic carbocycles. The van der Waals surface area contributed by atoms with Crippen LogP contribution in [0.3, 0.4) is 0 Å². The number of ether oxygens (including phenoxy) is 1. The largest absolute Gasteiger partial charge is 0.469 e. The number of anilines is 3. The van der Waals surface area contributed by atoms with Crippen molar-refractivity contribution in [2.75, 3.05) is 30.4 Å². The lowest BCUT2D eigenvalue weighted by atomic mass is 9.98. The number of aryl methyl sites for hydroxylation is 1. The number of amides is 1. The molecular formula is C19H23N5O3. The molecule has 27 heavy (non-hydrogen) atoms. The van der Waals surface area contributed by atoms with Crippen LogP contribution in [0.5, 0.6) is 0 Å². The summed E-state index contributed by atoms with van der Waals surface area (Å²) in [5.41, 5.74) is 7.56. The molecule has 0 bridgehead atoms. The minimum absolute atomic E-state index is 0.210. The van der Waals surface area contributed by atoms with Crippen LogP contribution in [-0.2, 0) is 9.53 Å². The lowest BCUT2D eigenvalue weighted by Crippen LogP contribution is -2.40. The van der Waals surface area contributed by atoms with Crippen LogP contribution in [0.1, 0.15) is 28.8 Å². The molecule has 0 radical (unpaired) electrons. The van der Waals surface area contributed by atoms with Gasteiger partial charge in [-0.2, -0.15) is 4.98 Å². The lowest BCUT2D eigenvalue weighted by molar-refractivity contribution is -0.145. The van der Waals surface area contributed by atoms with Gasteiger partial charge < -0.3 is 20.7 Å². The van der Waals surface area contributed by atoms with Gasteiger partial charge in [0, 0.05) is 25.0 Å². The fraction of sp³-hybridized carbons (Fsp3) is 0.368. The van der Waals surface area contributed by atoms with Crippen molar-refractivity contribution >= 4 is 29.3 Å². The number of rotatable bonds is 5. The number of hydrogen-bond acceptors (Lipinski definition) is 7. The number of aromatic nitrogens is 2. The molecule has 1 amide bonds. The Morgan fingerprint density at radius 3 is 2.89 bits per heavy atom. The number of piperidine rings is 1. The van der Waals surface area contributed by atoms with Gasteiger partial charge in [-0.25, -0.2) is 4.98 Å². The molecule has 3 rings (SSSR count). The molecule has 2 aromatic rings. The summed E-state index contributed by atoms with van der Waals surface area (Å²) in [6.07, 6.45) is 3.03. The number of benzene rings is 1. The zero-order valence-corrected chi connectivity index (χ0v) is 15.4. The van der Waals surface area contributed by atoms with Crippen molar-refractivity contribution in [3.63, 3.8) is 0 Å². The molecule has 1 unspecified atom stereocenters. The zero-order chi connectivity index (χ0) is 19.4. The van der Waals surface area contributed by atoms with Gasteiger partial charge in [0.15, 0.2) is 0 Å². The van der Waals surface area contributed by atoms with Gasteiger partial charge in [-0.3, -0.25) is 9.59 Å². The minimum Gasteiger partial charge on any atom is -0.469 e. The number of nitrogens with zero attached hydrogens (tertiary/aromatic N) is 3. The summed E-state index contributed by atoms with van der Waals surface area (Å²) in [5, 5.41) is 3.15. The number of nitrogens with two attached hydrogens (primary N) is 1. The Hall–Kier alpha value is -3.16. The first kappa shape index (κ1) is 18.6. The van der Waals surface area contributed by atoms with Crippen LogP contribution in [0.15, 0.2) is 30.5 Å². The molecule has 1 aliphatic rings. The Labute approximate surface area is 157 Å². The van der Waals surface area contributed by atoms with E-state index in [1.54, 1.807) is 0 Å². The number of methoxy groups -OCH3 is 1. The number of primary amides is 1. The first-order valence-corrected chi connectivity index (χ1v) is 8.81. The van der Waals surface area contributed by atoms with Crippen molar-refractivity contribution in [1.29, 1.82) is 0 Å². The SMILES string of the molecule is COC(=O)C1CCCN(c2ncc(C(N)=O)c(Nc3cccc(C)c3)n2)C1. The number of esters is 1. The second-order valence-corrected chi connectivity index (χ2v) is 6.60. The van der Waals surface area contributed by atoms with E-state index < -0.39 is 5.91 Å². The van der Waals surface area contributed by atoms with Crippen LogP contribution in [0, 0.1) is 12.8 Å². The first-order valence-electron chi connectivity index (χ1n) is 8.81. The van der Waals surface area contributed by atoms with Crippen LogP contribution in [-0.4, -0.2) is 42.0 Å². The predicted molar refractivity (Wildman–Crippen MR) is 102 cm³/mol. The summed E-state index contributed by atoms with van der Waals surface area (Å²) in [4.78, 5) is 34.4. The van der Waals surface area contributed by atoms with Gasteiger partial charge in [-0.15, -0.1) is 0 Å². The average molecular weight is 369 g/mol. The van der Waals surface area contributed by atoms with Gasteiger partial charge in [0.2, 0.25) is 5.95 Å². The van der Waals surface area contributed by atoms with Gasteiger partial charge in [-0.05, 0) is 37.5 Å². The van der Waals surface area contributed by atoms with Crippen LogP contribution < -0.4 is 16.0 Å². The molecule has 1 saturated heterocycles. The monoisotopic (exact) mass is 369 g/mol. The quantitative estimate of drug-likeness (QED) is 0.776. The molecule has 8 heteroatoms. The number of nitrogens with one attached hydrogen (secondary N) is 1. The second kappa shape index (κ2) is 8.03. The highest BCUT2D eigenvalue weighted by molar-refractivity contribution is 5.98. The molecule has 142 valence electrons. The van der Waals surface area contributed by atoms with E-state index in [2.05, 4.69) is 15.3 Å². The molecular weight excluding hydrogens is 346 g/mol. The van der Waals surface area contributed by atoms with Gasteiger partial charge in [-0.1, -0.05) is 12.1 Å². The summed E-state index contributed by atoms with van der Waals surface area (Å²) in [7, 11) is 1.39. The van der Waals surface area contributed by atoms with Gasteiger partial charge in [0.1, 0.15) is 11.4 Å². The van der Waals surface area contributed by atoms with Crippen LogP contribution in [0.25, 0.3) is 0 Å². The van der Waals surface area contributed by atoms with E-state index in [1.165, 1.54) is 13.3 Å². The summed E-state index contributed by atoms with van der Waals surface area (Å²) >= 11 is 0. The summed E-state index contributed by atoms with van der Waals surface area (Å²) in [6, 6.07) is 7.72. The van der Waals surface area contributed by atoms with E-state index >= 15 is 0 Å². The third-order valence-corrected chi connectivity index (χ3v) is 4.56. The van der Waals surface area contributed by atoms with Crippen molar-refractivity contribution in [2.24, 2.45) is 11.7 Å². The first-order chi connectivity index (χ1) is 13.0. The van der Waals surface area contributed by atoms with Crippen molar-refractivity contribution in [2.45, 2.75) is 19.8 Å². The van der Waals surface area contributed by atoms with Crippen molar-refractivity contribution < 1.29 is 14.3 Å². The fourth-order valence-electron chi connectivity index (χ4n) is 3.18. The normalized spacial score (nSPS) is 16.7. The molecule has 0 saturated carbocycles. The maximum Gasteiger partial charge on any atom is 0.310 e. The van der Waals surface area contributed by atoms with Gasteiger partial charge in [0.05, 0.1) is 13.0 Å². The second-order valence-electron chi connectivity index (χ2n) is 6.60. The Morgan fingerprint density at radius 1 is 1.37 bits per heavy atom. The maximum absolute atomic E-state index is 11.9. The van der Waals surface area contributed by atoms with Crippen LogP contribution in [0.4, 0.5) is 17.5 Å². The van der Waals surface area contributed by atoms with Gasteiger partial charge in [0.25, 0.3) is 5.91 Å². The molecule has 8 nitrogen and oxygen atoms in total. The minimum atomic E-state index is -0.609. The van der Waals surface area contributed by atoms with E-state index in [0.29, 0.717) is 18.3 Å². The highest BCUT2D eigenvalue weighted by Gasteiger charge is 2.28. The third kappa shape index (κ3) is 4.33. The molecule has 1 aromatic carbocycles. The molecule has 1 atom stereocenters. The van der Waals surface area contributed by atoms with Crippen molar-refractivity contribution in [3.8, 4) is 0 Å².